The summed E-state index contributed by atoms with van der Waals surface area (Å²) >= 11 is 0. The number of aliphatic imine (C=N–C) groups is 1. The number of halogens is 1. The Morgan fingerprint density at radius 3 is 2.48 bits per heavy atom. The zero-order valence-corrected chi connectivity index (χ0v) is 18.3. The molecular formula is C18H30IN3O3. The van der Waals surface area contributed by atoms with Crippen LogP contribution in [0.4, 0.5) is 0 Å². The molecule has 0 saturated carbocycles. The van der Waals surface area contributed by atoms with E-state index in [-0.39, 0.29) is 36.5 Å². The molecule has 0 amide bonds. The van der Waals surface area contributed by atoms with Crippen LogP contribution in [0.25, 0.3) is 0 Å². The second-order valence-corrected chi connectivity index (χ2v) is 6.52. The molecule has 25 heavy (non-hydrogen) atoms. The highest BCUT2D eigenvalue weighted by Crippen LogP contribution is 2.15. The molecule has 0 aliphatic heterocycles. The Morgan fingerprint density at radius 2 is 1.92 bits per heavy atom. The molecule has 0 saturated heterocycles. The smallest absolute Gasteiger partial charge is 0.325 e. The summed E-state index contributed by atoms with van der Waals surface area (Å²) in [6.45, 7) is 8.78. The summed E-state index contributed by atoms with van der Waals surface area (Å²) in [6, 6.07) is 7.90. The van der Waals surface area contributed by atoms with Crippen LogP contribution >= 0.6 is 24.0 Å². The second-order valence-electron chi connectivity index (χ2n) is 6.52. The van der Waals surface area contributed by atoms with Gasteiger partial charge in [-0.05, 0) is 39.3 Å². The van der Waals surface area contributed by atoms with Crippen LogP contribution in [0, 0.1) is 6.92 Å². The van der Waals surface area contributed by atoms with Gasteiger partial charge < -0.3 is 19.7 Å². The molecule has 0 spiro atoms. The van der Waals surface area contributed by atoms with E-state index >= 15 is 0 Å². The number of likely N-dealkylation sites (N-methyl/N-ethyl adjacent to an activating group) is 1. The molecule has 0 heterocycles. The number of carbonyl (C=O) groups excluding carboxylic acids is 1. The van der Waals surface area contributed by atoms with E-state index in [1.807, 2.05) is 63.9 Å². The molecule has 0 atom stereocenters. The molecular weight excluding hydrogens is 433 g/mol. The molecule has 1 aromatic carbocycles. The van der Waals surface area contributed by atoms with Gasteiger partial charge in [0.25, 0.3) is 0 Å². The minimum Gasteiger partial charge on any atom is -0.491 e. The fourth-order valence-electron chi connectivity index (χ4n) is 2.03. The third-order valence-electron chi connectivity index (χ3n) is 3.16. The molecule has 142 valence electrons. The maximum Gasteiger partial charge on any atom is 0.325 e. The number of guanidine groups is 1. The third-order valence-corrected chi connectivity index (χ3v) is 3.16. The van der Waals surface area contributed by atoms with Gasteiger partial charge in [0.2, 0.25) is 0 Å². The van der Waals surface area contributed by atoms with Crippen LogP contribution in [0.3, 0.4) is 0 Å². The van der Waals surface area contributed by atoms with Crippen molar-refractivity contribution in [2.75, 3.05) is 33.8 Å². The lowest BCUT2D eigenvalue weighted by Gasteiger charge is -2.23. The first-order chi connectivity index (χ1) is 11.2. The zero-order chi connectivity index (χ0) is 18.2. The lowest BCUT2D eigenvalue weighted by atomic mass is 10.2. The van der Waals surface area contributed by atoms with E-state index in [4.69, 9.17) is 9.47 Å². The van der Waals surface area contributed by atoms with E-state index < -0.39 is 5.60 Å². The maximum atomic E-state index is 11.8. The average molecular weight is 463 g/mol. The molecule has 7 heteroatoms. The van der Waals surface area contributed by atoms with Gasteiger partial charge in [0, 0.05) is 14.1 Å². The highest BCUT2D eigenvalue weighted by atomic mass is 127. The average Bonchev–Trinajstić information content (AvgIpc) is 2.48. The molecule has 0 aromatic heterocycles. The van der Waals surface area contributed by atoms with Crippen molar-refractivity contribution in [1.82, 2.24) is 10.2 Å². The van der Waals surface area contributed by atoms with Gasteiger partial charge in [0.15, 0.2) is 5.96 Å². The fraction of sp³-hybridized carbons (Fsp3) is 0.556. The largest absolute Gasteiger partial charge is 0.491 e. The van der Waals surface area contributed by atoms with Crippen LogP contribution in [-0.2, 0) is 9.53 Å². The summed E-state index contributed by atoms with van der Waals surface area (Å²) in [7, 11) is 3.57. The number of nitrogens with zero attached hydrogens (tertiary/aromatic N) is 2. The lowest BCUT2D eigenvalue weighted by Crippen LogP contribution is -2.44. The van der Waals surface area contributed by atoms with E-state index in [2.05, 4.69) is 10.3 Å². The minimum atomic E-state index is -0.491. The molecule has 1 N–H and O–H groups in total. The fourth-order valence-corrected chi connectivity index (χ4v) is 2.03. The van der Waals surface area contributed by atoms with Crippen LogP contribution in [0.1, 0.15) is 26.3 Å². The normalized spacial score (nSPS) is 11.4. The Morgan fingerprint density at radius 1 is 1.28 bits per heavy atom. The van der Waals surface area contributed by atoms with Crippen molar-refractivity contribution in [2.45, 2.75) is 33.3 Å². The van der Waals surface area contributed by atoms with Crippen LogP contribution in [0.15, 0.2) is 29.3 Å². The highest BCUT2D eigenvalue weighted by Gasteiger charge is 2.17. The predicted molar refractivity (Wildman–Crippen MR) is 112 cm³/mol. The number of ether oxygens (including phenoxy) is 2. The van der Waals surface area contributed by atoms with Gasteiger partial charge in [-0.2, -0.15) is 0 Å². The molecule has 6 nitrogen and oxygen atoms in total. The third kappa shape index (κ3) is 9.52. The summed E-state index contributed by atoms with van der Waals surface area (Å²) < 4.78 is 11.0. The van der Waals surface area contributed by atoms with Crippen molar-refractivity contribution in [1.29, 1.82) is 0 Å². The number of para-hydroxylation sites is 1. The van der Waals surface area contributed by atoms with Crippen LogP contribution in [-0.4, -0.2) is 56.2 Å². The summed E-state index contributed by atoms with van der Waals surface area (Å²) in [5.74, 6) is 1.19. The highest BCUT2D eigenvalue weighted by molar-refractivity contribution is 14.0. The second kappa shape index (κ2) is 11.2. The number of benzene rings is 1. The van der Waals surface area contributed by atoms with Gasteiger partial charge in [0.1, 0.15) is 24.5 Å². The minimum absolute atomic E-state index is 0. The Bertz CT molecular complexity index is 571. The van der Waals surface area contributed by atoms with Gasteiger partial charge in [-0.15, -0.1) is 24.0 Å². The number of carbonyl (C=O) groups is 1. The first-order valence-electron chi connectivity index (χ1n) is 8.05. The van der Waals surface area contributed by atoms with E-state index in [0.29, 0.717) is 19.1 Å². The number of nitrogens with one attached hydrogen (secondary N) is 1. The van der Waals surface area contributed by atoms with Crippen molar-refractivity contribution >= 4 is 35.9 Å². The molecule has 1 rings (SSSR count). The van der Waals surface area contributed by atoms with Crippen molar-refractivity contribution < 1.29 is 14.3 Å². The molecule has 0 fully saturated rings. The Balaban J connectivity index is 0.00000576. The van der Waals surface area contributed by atoms with Crippen molar-refractivity contribution in [2.24, 2.45) is 4.99 Å². The van der Waals surface area contributed by atoms with Crippen LogP contribution in [0.5, 0.6) is 5.75 Å². The number of aryl methyl sites for hydroxylation is 1. The molecule has 0 aliphatic carbocycles. The first-order valence-corrected chi connectivity index (χ1v) is 8.05. The topological polar surface area (TPSA) is 63.2 Å². The standard InChI is InChI=1S/C18H29N3O3.HI/c1-14-9-7-8-10-15(14)23-12-11-21(6)17(19-5)20-13-16(22)24-18(2,3)4;/h7-10H,11-13H2,1-6H3,(H,19,20);1H. The van der Waals surface area contributed by atoms with Crippen LogP contribution < -0.4 is 10.1 Å². The Hall–Kier alpha value is -1.51. The van der Waals surface area contributed by atoms with E-state index in [1.54, 1.807) is 7.05 Å². The van der Waals surface area contributed by atoms with E-state index in [1.165, 1.54) is 0 Å². The molecule has 0 radical (unpaired) electrons. The molecule has 0 aliphatic rings. The van der Waals surface area contributed by atoms with E-state index in [0.717, 1.165) is 11.3 Å². The van der Waals surface area contributed by atoms with Gasteiger partial charge >= 0.3 is 5.97 Å². The summed E-state index contributed by atoms with van der Waals surface area (Å²) in [4.78, 5) is 17.8. The molecule has 0 bridgehead atoms. The van der Waals surface area contributed by atoms with Gasteiger partial charge in [-0.3, -0.25) is 9.79 Å². The summed E-state index contributed by atoms with van der Waals surface area (Å²) in [5, 5.41) is 3.00. The number of hydrogen-bond acceptors (Lipinski definition) is 4. The summed E-state index contributed by atoms with van der Waals surface area (Å²) in [5.41, 5.74) is 0.614. The number of hydrogen-bond donors (Lipinski definition) is 1. The lowest BCUT2D eigenvalue weighted by molar-refractivity contribution is -0.153. The molecule has 0 unspecified atom stereocenters. The monoisotopic (exact) mass is 463 g/mol. The van der Waals surface area contributed by atoms with Crippen molar-refractivity contribution in [3.63, 3.8) is 0 Å². The van der Waals surface area contributed by atoms with Gasteiger partial charge in [-0.25, -0.2) is 0 Å². The Kier molecular flexibility index (Phi) is 10.5. The van der Waals surface area contributed by atoms with Gasteiger partial charge in [-0.1, -0.05) is 18.2 Å². The SMILES string of the molecule is CN=C(NCC(=O)OC(C)(C)C)N(C)CCOc1ccccc1C.I. The zero-order valence-electron chi connectivity index (χ0n) is 16.0. The quantitative estimate of drug-likeness (QED) is 0.304. The van der Waals surface area contributed by atoms with E-state index in [9.17, 15) is 4.79 Å². The Labute approximate surface area is 168 Å². The maximum absolute atomic E-state index is 11.8. The first kappa shape index (κ1) is 23.5. The predicted octanol–water partition coefficient (Wildman–Crippen LogP) is 2.84. The number of esters is 1. The van der Waals surface area contributed by atoms with Crippen LogP contribution in [0.2, 0.25) is 0 Å². The van der Waals surface area contributed by atoms with Crippen molar-refractivity contribution in [3.05, 3.63) is 29.8 Å². The number of rotatable bonds is 6. The van der Waals surface area contributed by atoms with Gasteiger partial charge in [0.05, 0.1) is 6.54 Å². The summed E-state index contributed by atoms with van der Waals surface area (Å²) in [6.07, 6.45) is 0. The molecule has 1 aromatic rings. The van der Waals surface area contributed by atoms with Crippen molar-refractivity contribution in [3.8, 4) is 5.75 Å².